The third-order valence-electron chi connectivity index (χ3n) is 24.9. The summed E-state index contributed by atoms with van der Waals surface area (Å²) in [6.07, 6.45) is 0. The Morgan fingerprint density at radius 2 is 0.445 bits per heavy atom. The molecule has 0 unspecified atom stereocenters. The molecular weight excluding hydrogens is 1440 g/mol. The molecule has 0 aliphatic carbocycles. The summed E-state index contributed by atoms with van der Waals surface area (Å²) in [5, 5.41) is 14.6. The highest BCUT2D eigenvalue weighted by molar-refractivity contribution is 7.01. The van der Waals surface area contributed by atoms with Crippen molar-refractivity contribution in [1.29, 1.82) is 0 Å². The highest BCUT2D eigenvalue weighted by Gasteiger charge is 2.46. The number of fused-ring (bicyclic) bond motifs is 6. The predicted octanol–water partition coefficient (Wildman–Crippen LogP) is 28.7. The number of hydrogen-bond donors (Lipinski definition) is 0. The second-order valence-corrected chi connectivity index (χ2v) is 31.9. The van der Waals surface area contributed by atoms with Crippen molar-refractivity contribution in [2.45, 2.75) is 0 Å². The Morgan fingerprint density at radius 1 is 0.185 bits per heavy atom. The van der Waals surface area contributed by atoms with Gasteiger partial charge in [-0.1, -0.05) is 340 Å². The minimum atomic E-state index is -0.329. The van der Waals surface area contributed by atoms with Crippen LogP contribution in [0.1, 0.15) is 0 Å². The van der Waals surface area contributed by atoms with E-state index >= 15 is 0 Å². The van der Waals surface area contributed by atoms with Crippen LogP contribution in [0.25, 0.3) is 188 Å². The Balaban J connectivity index is 0.880. The van der Waals surface area contributed by atoms with Crippen LogP contribution in [0.4, 0.5) is 34.1 Å². The van der Waals surface area contributed by atoms with Crippen molar-refractivity contribution in [2.24, 2.45) is 0 Å². The van der Waals surface area contributed by atoms with Crippen LogP contribution >= 0.6 is 0 Å². The first kappa shape index (κ1) is 67.9. The van der Waals surface area contributed by atoms with Gasteiger partial charge in [0, 0.05) is 61.6 Å². The van der Waals surface area contributed by atoms with Crippen molar-refractivity contribution in [3.63, 3.8) is 0 Å². The SMILES string of the molecule is c1ccc(-c2cc(-c3ccccc3)cc(-c3cc(-c4cc(-c5ccccc5)cc(-c5ccccc5)c4)nc(-c4cc5c6c(c4)N(c4cc(-c7ccccc7)cc(-c7ccccc7)c4)c4c(cc7ccc8cccc9ccc4c7c89)B6c4cc6ccc7cccc8ccc(c4N5c4cc(-c5ccccc5)cc(-c5ccccc5)c4)c6c78)n3)c2)cc1. The molecule has 2 aliphatic heterocycles. The lowest BCUT2D eigenvalue weighted by molar-refractivity contribution is 1.18. The Bertz CT molecular complexity index is 7040. The number of aromatic nitrogens is 2. The highest BCUT2D eigenvalue weighted by atomic mass is 15.2. The normalized spacial score (nSPS) is 12.3. The van der Waals surface area contributed by atoms with Gasteiger partial charge in [0.25, 0.3) is 6.71 Å². The van der Waals surface area contributed by atoms with E-state index in [1.54, 1.807) is 0 Å². The van der Waals surface area contributed by atoms with Gasteiger partial charge in [0.1, 0.15) is 0 Å². The van der Waals surface area contributed by atoms with Gasteiger partial charge in [-0.05, 0) is 250 Å². The smallest absolute Gasteiger partial charge is 0.252 e. The quantitative estimate of drug-likeness (QED) is 0.0851. The van der Waals surface area contributed by atoms with Crippen molar-refractivity contribution < 1.29 is 0 Å². The monoisotopic (exact) mass is 1510 g/mol. The first-order valence-corrected chi connectivity index (χ1v) is 41.1. The summed E-state index contributed by atoms with van der Waals surface area (Å²) in [5.74, 6) is 0.583. The van der Waals surface area contributed by atoms with Gasteiger partial charge in [-0.25, -0.2) is 9.97 Å². The molecule has 0 amide bonds. The van der Waals surface area contributed by atoms with E-state index in [0.717, 1.165) is 151 Å². The van der Waals surface area contributed by atoms with E-state index in [1.807, 2.05) is 0 Å². The summed E-state index contributed by atoms with van der Waals surface area (Å²) in [4.78, 5) is 17.6. The highest BCUT2D eigenvalue weighted by Crippen LogP contribution is 2.54. The summed E-state index contributed by atoms with van der Waals surface area (Å²) in [6, 6.07) is 160. The van der Waals surface area contributed by atoms with Gasteiger partial charge < -0.3 is 9.80 Å². The van der Waals surface area contributed by atoms with E-state index in [9.17, 15) is 0 Å². The molecular formula is C114H71BN4. The molecule has 2 aliphatic rings. The standard InChI is InChI=1S/C114H71BN4/c1-9-27-72(28-10-1)86-55-87(73-29-11-2-12-30-73)60-94(59-86)103-71-104(95-61-88(74-31-13-3-14-32-74)56-89(62-95)75-33-15-4-16-34-75)117-114(116-103)96-69-105-111-106(70-96)119(98-65-92(78-39-21-7-22-40-78)58-93(66-98)79-41-23-8-24-42-79)113-100-54-52-83-46-26-44-81-48-50-85(110(100)108(81)83)68-102(113)115(111)101-67-84-49-47-80-43-25-45-82-51-53-99(109(84)107(80)82)112(101)118(105)97-63-90(76-35-17-5-18-36-76)57-91(64-97)77-37-19-6-20-38-77/h1-71H. The number of benzene rings is 21. The summed E-state index contributed by atoms with van der Waals surface area (Å²) in [7, 11) is 0. The maximum atomic E-state index is 6.15. The molecule has 550 valence electrons. The molecule has 5 heteroatoms. The Morgan fingerprint density at radius 3 is 0.739 bits per heavy atom. The molecule has 21 aromatic carbocycles. The summed E-state index contributed by atoms with van der Waals surface area (Å²) < 4.78 is 0. The predicted molar refractivity (Wildman–Crippen MR) is 503 cm³/mol. The van der Waals surface area contributed by atoms with E-state index in [0.29, 0.717) is 5.82 Å². The maximum absolute atomic E-state index is 6.15. The van der Waals surface area contributed by atoms with Crippen LogP contribution < -0.4 is 26.2 Å². The summed E-state index contributed by atoms with van der Waals surface area (Å²) >= 11 is 0. The number of rotatable bonds is 13. The Labute approximate surface area is 690 Å². The molecule has 3 heterocycles. The van der Waals surface area contributed by atoms with Crippen molar-refractivity contribution in [1.82, 2.24) is 9.97 Å². The second kappa shape index (κ2) is 27.6. The lowest BCUT2D eigenvalue weighted by atomic mass is 9.33. The van der Waals surface area contributed by atoms with Gasteiger partial charge >= 0.3 is 0 Å². The van der Waals surface area contributed by atoms with E-state index in [2.05, 4.69) is 441 Å². The fourth-order valence-electron chi connectivity index (χ4n) is 19.5. The fraction of sp³-hybridized carbons (Fsp3) is 0. The molecule has 0 saturated carbocycles. The third-order valence-corrected chi connectivity index (χ3v) is 24.9. The zero-order valence-electron chi connectivity index (χ0n) is 64.9. The molecule has 0 bridgehead atoms. The van der Waals surface area contributed by atoms with Crippen LogP contribution in [-0.4, -0.2) is 16.7 Å². The van der Waals surface area contributed by atoms with Crippen LogP contribution in [0.5, 0.6) is 0 Å². The molecule has 0 saturated heterocycles. The van der Waals surface area contributed by atoms with Crippen LogP contribution in [0, 0.1) is 0 Å². The van der Waals surface area contributed by atoms with Gasteiger partial charge in [-0.3, -0.25) is 0 Å². The molecule has 1 aromatic heterocycles. The van der Waals surface area contributed by atoms with Crippen LogP contribution in [0.15, 0.2) is 431 Å². The minimum Gasteiger partial charge on any atom is -0.311 e. The summed E-state index contributed by atoms with van der Waals surface area (Å²) in [6.45, 7) is -0.329. The number of anilines is 6. The Kier molecular flexibility index (Phi) is 15.7. The van der Waals surface area contributed by atoms with Gasteiger partial charge in [0.2, 0.25) is 0 Å². The van der Waals surface area contributed by atoms with E-state index in [1.165, 1.54) is 81.0 Å². The maximum Gasteiger partial charge on any atom is 0.252 e. The van der Waals surface area contributed by atoms with Gasteiger partial charge in [0.15, 0.2) is 5.82 Å². The molecule has 24 rings (SSSR count). The largest absolute Gasteiger partial charge is 0.311 e. The molecule has 0 radical (unpaired) electrons. The van der Waals surface area contributed by atoms with E-state index in [4.69, 9.17) is 9.97 Å². The first-order chi connectivity index (χ1) is 58.9. The lowest BCUT2D eigenvalue weighted by Gasteiger charge is -2.45. The zero-order chi connectivity index (χ0) is 78.2. The fourth-order valence-corrected chi connectivity index (χ4v) is 19.5. The topological polar surface area (TPSA) is 32.3 Å². The third kappa shape index (κ3) is 11.5. The average molecular weight is 1510 g/mol. The van der Waals surface area contributed by atoms with Crippen molar-refractivity contribution in [2.75, 3.05) is 9.80 Å². The molecule has 0 spiro atoms. The van der Waals surface area contributed by atoms with Crippen LogP contribution in [0.2, 0.25) is 0 Å². The lowest BCUT2D eigenvalue weighted by Crippen LogP contribution is -2.61. The number of nitrogens with zero attached hydrogens (tertiary/aromatic N) is 4. The zero-order valence-corrected chi connectivity index (χ0v) is 64.9. The molecule has 22 aromatic rings. The van der Waals surface area contributed by atoms with Crippen LogP contribution in [-0.2, 0) is 0 Å². The minimum absolute atomic E-state index is 0.329. The van der Waals surface area contributed by atoms with Crippen molar-refractivity contribution in [3.05, 3.63) is 431 Å². The Hall–Kier alpha value is -15.6. The molecule has 0 atom stereocenters. The van der Waals surface area contributed by atoms with E-state index in [-0.39, 0.29) is 6.71 Å². The van der Waals surface area contributed by atoms with Crippen molar-refractivity contribution in [3.8, 4) is 123 Å². The molecule has 4 nitrogen and oxygen atoms in total. The molecule has 119 heavy (non-hydrogen) atoms. The average Bonchev–Trinajstić information content (AvgIpc) is 0.674. The number of hydrogen-bond acceptors (Lipinski definition) is 4. The van der Waals surface area contributed by atoms with Gasteiger partial charge in [-0.15, -0.1) is 0 Å². The van der Waals surface area contributed by atoms with Gasteiger partial charge in [0.05, 0.1) is 11.4 Å². The first-order valence-electron chi connectivity index (χ1n) is 41.1. The second-order valence-electron chi connectivity index (χ2n) is 31.9. The molecule has 0 fully saturated rings. The van der Waals surface area contributed by atoms with Gasteiger partial charge in [-0.2, -0.15) is 0 Å². The van der Waals surface area contributed by atoms with Crippen LogP contribution in [0.3, 0.4) is 0 Å². The molecule has 0 N–H and O–H groups in total. The van der Waals surface area contributed by atoms with E-state index < -0.39 is 0 Å². The summed E-state index contributed by atoms with van der Waals surface area (Å²) in [5.41, 5.74) is 32.1. The van der Waals surface area contributed by atoms with Crippen molar-refractivity contribution >= 4 is 122 Å².